The van der Waals surface area contributed by atoms with Crippen molar-refractivity contribution in [2.45, 2.75) is 25.1 Å². The van der Waals surface area contributed by atoms with Gasteiger partial charge in [0.2, 0.25) is 0 Å². The van der Waals surface area contributed by atoms with Gasteiger partial charge in [-0.2, -0.15) is 13.2 Å². The second kappa shape index (κ2) is 5.31. The normalized spacial score (nSPS) is 21.5. The van der Waals surface area contributed by atoms with E-state index in [4.69, 9.17) is 11.1 Å². The molecule has 1 aliphatic heterocycles. The molecule has 0 aromatic heterocycles. The molecule has 7 heteroatoms. The third kappa shape index (κ3) is 2.56. The van der Waals surface area contributed by atoms with Crippen LogP contribution in [0, 0.1) is 5.41 Å². The van der Waals surface area contributed by atoms with Crippen LogP contribution in [0.25, 0.3) is 0 Å². The van der Waals surface area contributed by atoms with E-state index in [1.54, 1.807) is 12.3 Å². The summed E-state index contributed by atoms with van der Waals surface area (Å²) in [7, 11) is 0. The Morgan fingerprint density at radius 3 is 2.82 bits per heavy atom. The lowest BCUT2D eigenvalue weighted by molar-refractivity contribution is -0.138. The maximum atomic E-state index is 13.1. The molecule has 1 heterocycles. The predicted molar refractivity (Wildman–Crippen MR) is 77.2 cm³/mol. The monoisotopic (exact) mass is 310 g/mol. The second-order valence-corrected chi connectivity index (χ2v) is 5.59. The number of rotatable bonds is 2. The molecule has 3 rings (SSSR count). The zero-order chi connectivity index (χ0) is 15.9. The standard InChI is InChI=1S/C15H17F3N4/c16-15(17,18)12-3-1-2-11-10(12)4-5-13(11)22-7-9(14(19)20)6-21-8-22/h1-3,7,13,21H,4-6,8H2,(H3,19,20)/t13-/m1/s1. The van der Waals surface area contributed by atoms with E-state index >= 15 is 0 Å². The van der Waals surface area contributed by atoms with Crippen molar-refractivity contribution < 1.29 is 13.2 Å². The highest BCUT2D eigenvalue weighted by Gasteiger charge is 2.38. The van der Waals surface area contributed by atoms with Crippen molar-refractivity contribution in [3.05, 3.63) is 46.7 Å². The number of hydrogen-bond donors (Lipinski definition) is 3. The molecule has 4 nitrogen and oxygen atoms in total. The van der Waals surface area contributed by atoms with Gasteiger partial charge >= 0.3 is 6.18 Å². The van der Waals surface area contributed by atoms with Gasteiger partial charge in [-0.25, -0.2) is 0 Å². The molecule has 0 amide bonds. The van der Waals surface area contributed by atoms with Gasteiger partial charge in [-0.15, -0.1) is 0 Å². The Morgan fingerprint density at radius 1 is 1.36 bits per heavy atom. The van der Waals surface area contributed by atoms with Crippen LogP contribution in [0.15, 0.2) is 30.0 Å². The molecular weight excluding hydrogens is 293 g/mol. The number of alkyl halides is 3. The van der Waals surface area contributed by atoms with Gasteiger partial charge < -0.3 is 10.6 Å². The van der Waals surface area contributed by atoms with Gasteiger partial charge in [-0.3, -0.25) is 10.7 Å². The van der Waals surface area contributed by atoms with E-state index < -0.39 is 11.7 Å². The average Bonchev–Trinajstić information content (AvgIpc) is 2.90. The number of benzene rings is 1. The highest BCUT2D eigenvalue weighted by atomic mass is 19.4. The number of hydrogen-bond acceptors (Lipinski definition) is 3. The molecule has 0 unspecified atom stereocenters. The molecule has 22 heavy (non-hydrogen) atoms. The molecule has 0 radical (unpaired) electrons. The number of halogens is 3. The SMILES string of the molecule is N=C(N)C1=CN([C@@H]2CCc3c2cccc3C(F)(F)F)CNC1. The van der Waals surface area contributed by atoms with E-state index in [1.807, 2.05) is 4.90 Å². The molecule has 4 N–H and O–H groups in total. The fourth-order valence-corrected chi connectivity index (χ4v) is 3.22. The minimum absolute atomic E-state index is 0.0144. The van der Waals surface area contributed by atoms with E-state index in [9.17, 15) is 13.2 Å². The summed E-state index contributed by atoms with van der Waals surface area (Å²) in [5.74, 6) is -0.0144. The average molecular weight is 310 g/mol. The van der Waals surface area contributed by atoms with E-state index in [1.165, 1.54) is 6.07 Å². The third-order valence-corrected chi connectivity index (χ3v) is 4.22. The summed E-state index contributed by atoms with van der Waals surface area (Å²) < 4.78 is 39.3. The number of nitrogens with zero attached hydrogens (tertiary/aromatic N) is 1. The molecule has 1 aromatic rings. The lowest BCUT2D eigenvalue weighted by Gasteiger charge is -2.33. The Kier molecular flexibility index (Phi) is 3.60. The first-order valence-electron chi connectivity index (χ1n) is 7.08. The highest BCUT2D eigenvalue weighted by Crippen LogP contribution is 2.42. The van der Waals surface area contributed by atoms with Gasteiger partial charge in [0.1, 0.15) is 5.84 Å². The van der Waals surface area contributed by atoms with Gasteiger partial charge in [0, 0.05) is 18.3 Å². The third-order valence-electron chi connectivity index (χ3n) is 4.22. The van der Waals surface area contributed by atoms with E-state index in [2.05, 4.69) is 5.32 Å². The Balaban J connectivity index is 1.95. The zero-order valence-corrected chi connectivity index (χ0v) is 11.9. The fourth-order valence-electron chi connectivity index (χ4n) is 3.22. The van der Waals surface area contributed by atoms with Crippen molar-refractivity contribution in [2.24, 2.45) is 5.73 Å². The fraction of sp³-hybridized carbons (Fsp3) is 0.400. The van der Waals surface area contributed by atoms with Gasteiger partial charge in [0.25, 0.3) is 0 Å². The lowest BCUT2D eigenvalue weighted by Crippen LogP contribution is -2.40. The first kappa shape index (κ1) is 14.9. The molecule has 0 saturated heterocycles. The van der Waals surface area contributed by atoms with Crippen LogP contribution >= 0.6 is 0 Å². The Bertz CT molecular complexity index is 636. The Labute approximate surface area is 126 Å². The van der Waals surface area contributed by atoms with Crippen LogP contribution in [0.3, 0.4) is 0 Å². The Hall–Kier alpha value is -2.02. The summed E-state index contributed by atoms with van der Waals surface area (Å²) in [6.07, 6.45) is -1.49. The molecule has 0 saturated carbocycles. The summed E-state index contributed by atoms with van der Waals surface area (Å²) >= 11 is 0. The molecule has 118 valence electrons. The number of fused-ring (bicyclic) bond motifs is 1. The molecule has 0 bridgehead atoms. The largest absolute Gasteiger partial charge is 0.416 e. The molecule has 2 aliphatic rings. The van der Waals surface area contributed by atoms with Crippen molar-refractivity contribution >= 4 is 5.84 Å². The molecule has 1 aliphatic carbocycles. The minimum Gasteiger partial charge on any atom is -0.384 e. The highest BCUT2D eigenvalue weighted by molar-refractivity contribution is 5.94. The van der Waals surface area contributed by atoms with Crippen molar-refractivity contribution in [2.75, 3.05) is 13.2 Å². The molecule has 1 atom stereocenters. The zero-order valence-electron chi connectivity index (χ0n) is 11.9. The molecular formula is C15H17F3N4. The quantitative estimate of drug-likeness (QED) is 0.580. The van der Waals surface area contributed by atoms with E-state index in [-0.39, 0.29) is 11.9 Å². The van der Waals surface area contributed by atoms with Crippen molar-refractivity contribution in [3.8, 4) is 0 Å². The lowest BCUT2D eigenvalue weighted by atomic mass is 10.0. The molecule has 1 aromatic carbocycles. The van der Waals surface area contributed by atoms with E-state index in [0.29, 0.717) is 37.2 Å². The minimum atomic E-state index is -4.32. The maximum absolute atomic E-state index is 13.1. The predicted octanol–water partition coefficient (Wildman–Crippen LogP) is 2.38. The maximum Gasteiger partial charge on any atom is 0.416 e. The second-order valence-electron chi connectivity index (χ2n) is 5.59. The van der Waals surface area contributed by atoms with Gasteiger partial charge in [0.05, 0.1) is 18.3 Å². The van der Waals surface area contributed by atoms with Gasteiger partial charge in [-0.05, 0) is 30.0 Å². The van der Waals surface area contributed by atoms with Crippen LogP contribution in [-0.4, -0.2) is 23.9 Å². The number of nitrogens with one attached hydrogen (secondary N) is 2. The van der Waals surface area contributed by atoms with Crippen molar-refractivity contribution in [1.29, 1.82) is 5.41 Å². The smallest absolute Gasteiger partial charge is 0.384 e. The molecule has 0 spiro atoms. The first-order chi connectivity index (χ1) is 10.4. The Morgan fingerprint density at radius 2 is 2.14 bits per heavy atom. The number of nitrogens with two attached hydrogens (primary N) is 1. The topological polar surface area (TPSA) is 65.1 Å². The van der Waals surface area contributed by atoms with Gasteiger partial charge in [-0.1, -0.05) is 12.1 Å². The van der Waals surface area contributed by atoms with Crippen molar-refractivity contribution in [3.63, 3.8) is 0 Å². The van der Waals surface area contributed by atoms with Gasteiger partial charge in [0.15, 0.2) is 0 Å². The van der Waals surface area contributed by atoms with Crippen LogP contribution in [0.4, 0.5) is 13.2 Å². The number of amidine groups is 1. The van der Waals surface area contributed by atoms with Crippen molar-refractivity contribution in [1.82, 2.24) is 10.2 Å². The van der Waals surface area contributed by atoms with Crippen LogP contribution in [0.5, 0.6) is 0 Å². The van der Waals surface area contributed by atoms with Crippen LogP contribution in [-0.2, 0) is 12.6 Å². The van der Waals surface area contributed by atoms with E-state index in [0.717, 1.165) is 11.6 Å². The summed E-state index contributed by atoms with van der Waals surface area (Å²) in [5, 5.41) is 10.6. The summed E-state index contributed by atoms with van der Waals surface area (Å²) in [5.41, 5.74) is 6.74. The summed E-state index contributed by atoms with van der Waals surface area (Å²) in [6.45, 7) is 1.05. The van der Waals surface area contributed by atoms with Crippen LogP contribution in [0.2, 0.25) is 0 Å². The summed E-state index contributed by atoms with van der Waals surface area (Å²) in [4.78, 5) is 1.94. The van der Waals surface area contributed by atoms with Crippen LogP contribution < -0.4 is 11.1 Å². The first-order valence-corrected chi connectivity index (χ1v) is 7.08. The summed E-state index contributed by atoms with van der Waals surface area (Å²) in [6, 6.07) is 4.26. The van der Waals surface area contributed by atoms with Crippen LogP contribution in [0.1, 0.15) is 29.2 Å². The molecule has 0 fully saturated rings.